The first-order valence-electron chi connectivity index (χ1n) is 5.43. The van der Waals surface area contributed by atoms with Crippen LogP contribution in [0, 0.1) is 5.82 Å². The molecule has 4 heteroatoms. The Morgan fingerprint density at radius 2 is 2.00 bits per heavy atom. The lowest BCUT2D eigenvalue weighted by atomic mass is 9.88. The van der Waals surface area contributed by atoms with E-state index in [2.05, 4.69) is 0 Å². The van der Waals surface area contributed by atoms with E-state index in [1.54, 1.807) is 0 Å². The molecule has 0 amide bonds. The zero-order chi connectivity index (χ0) is 11.8. The van der Waals surface area contributed by atoms with Crippen LogP contribution >= 0.6 is 0 Å². The standard InChI is InChI=1S/C12H16FNO2/c1-16-10-7-8(13)6-9(11(10)15)12(14)4-2-3-5-12/h6-7,15H,2-5,14H2,1H3. The number of aromatic hydroxyl groups is 1. The van der Waals surface area contributed by atoms with Crippen molar-refractivity contribution in [2.24, 2.45) is 5.73 Å². The smallest absolute Gasteiger partial charge is 0.163 e. The number of benzene rings is 1. The van der Waals surface area contributed by atoms with Gasteiger partial charge in [-0.2, -0.15) is 0 Å². The van der Waals surface area contributed by atoms with Gasteiger partial charge in [-0.15, -0.1) is 0 Å². The first-order valence-corrected chi connectivity index (χ1v) is 5.43. The summed E-state index contributed by atoms with van der Waals surface area (Å²) in [5, 5.41) is 9.97. The molecule has 0 radical (unpaired) electrons. The van der Waals surface area contributed by atoms with E-state index < -0.39 is 11.4 Å². The fraction of sp³-hybridized carbons (Fsp3) is 0.500. The Bertz CT molecular complexity index is 400. The SMILES string of the molecule is COc1cc(F)cc(C2(N)CCCC2)c1O. The molecule has 0 unspecified atom stereocenters. The average Bonchev–Trinajstić information content (AvgIpc) is 2.69. The molecule has 16 heavy (non-hydrogen) atoms. The molecule has 3 N–H and O–H groups in total. The number of methoxy groups -OCH3 is 1. The normalized spacial score (nSPS) is 18.7. The second-order valence-corrected chi connectivity index (χ2v) is 4.37. The summed E-state index contributed by atoms with van der Waals surface area (Å²) in [6.07, 6.45) is 3.56. The van der Waals surface area contributed by atoms with Gasteiger partial charge in [0.25, 0.3) is 0 Å². The van der Waals surface area contributed by atoms with E-state index >= 15 is 0 Å². The minimum absolute atomic E-state index is 0.0340. The molecule has 1 aliphatic carbocycles. The van der Waals surface area contributed by atoms with E-state index in [0.717, 1.165) is 31.7 Å². The maximum Gasteiger partial charge on any atom is 0.163 e. The predicted octanol–water partition coefficient (Wildman–Crippen LogP) is 2.27. The molecule has 3 nitrogen and oxygen atoms in total. The highest BCUT2D eigenvalue weighted by Crippen LogP contribution is 2.43. The quantitative estimate of drug-likeness (QED) is 0.811. The summed E-state index contributed by atoms with van der Waals surface area (Å²) in [5.41, 5.74) is 6.04. The highest BCUT2D eigenvalue weighted by Gasteiger charge is 2.35. The fourth-order valence-corrected chi connectivity index (χ4v) is 2.38. The Hall–Kier alpha value is -1.29. The summed E-state index contributed by atoms with van der Waals surface area (Å²) >= 11 is 0. The van der Waals surface area contributed by atoms with Crippen LogP contribution in [0.4, 0.5) is 4.39 Å². The molecule has 1 aromatic rings. The van der Waals surface area contributed by atoms with Crippen LogP contribution in [0.1, 0.15) is 31.2 Å². The predicted molar refractivity (Wildman–Crippen MR) is 59.0 cm³/mol. The summed E-state index contributed by atoms with van der Waals surface area (Å²) in [6, 6.07) is 2.47. The lowest BCUT2D eigenvalue weighted by Gasteiger charge is -2.25. The second kappa shape index (κ2) is 3.94. The first kappa shape index (κ1) is 11.2. The van der Waals surface area contributed by atoms with E-state index in [1.165, 1.54) is 13.2 Å². The summed E-state index contributed by atoms with van der Waals surface area (Å²) in [6.45, 7) is 0. The summed E-state index contributed by atoms with van der Waals surface area (Å²) in [4.78, 5) is 0. The number of phenols is 1. The maximum absolute atomic E-state index is 13.4. The Morgan fingerprint density at radius 3 is 2.56 bits per heavy atom. The molecule has 1 saturated carbocycles. The molecule has 2 rings (SSSR count). The first-order chi connectivity index (χ1) is 7.57. The number of ether oxygens (including phenoxy) is 1. The minimum Gasteiger partial charge on any atom is -0.504 e. The van der Waals surface area contributed by atoms with Crippen LogP contribution < -0.4 is 10.5 Å². The minimum atomic E-state index is -0.612. The molecule has 88 valence electrons. The molecule has 0 aliphatic heterocycles. The molecule has 0 bridgehead atoms. The van der Waals surface area contributed by atoms with E-state index in [-0.39, 0.29) is 11.5 Å². The Labute approximate surface area is 94.0 Å². The van der Waals surface area contributed by atoms with Crippen LogP contribution in [0.2, 0.25) is 0 Å². The van der Waals surface area contributed by atoms with Gasteiger partial charge in [-0.3, -0.25) is 0 Å². The average molecular weight is 225 g/mol. The van der Waals surface area contributed by atoms with Crippen molar-refractivity contribution < 1.29 is 14.2 Å². The van der Waals surface area contributed by atoms with Crippen LogP contribution in [0.5, 0.6) is 11.5 Å². The third-order valence-corrected chi connectivity index (χ3v) is 3.29. The molecule has 0 aromatic heterocycles. The van der Waals surface area contributed by atoms with Crippen LogP contribution in [0.3, 0.4) is 0 Å². The molecule has 1 aromatic carbocycles. The third kappa shape index (κ3) is 1.73. The van der Waals surface area contributed by atoms with Gasteiger partial charge >= 0.3 is 0 Å². The van der Waals surface area contributed by atoms with Gasteiger partial charge in [0, 0.05) is 17.2 Å². The topological polar surface area (TPSA) is 55.5 Å². The third-order valence-electron chi connectivity index (χ3n) is 3.29. The number of nitrogens with two attached hydrogens (primary N) is 1. The van der Waals surface area contributed by atoms with Gasteiger partial charge in [0.05, 0.1) is 7.11 Å². The largest absolute Gasteiger partial charge is 0.504 e. The van der Waals surface area contributed by atoms with Gasteiger partial charge < -0.3 is 15.6 Å². The highest BCUT2D eigenvalue weighted by atomic mass is 19.1. The molecule has 1 fully saturated rings. The maximum atomic E-state index is 13.4. The van der Waals surface area contributed by atoms with Crippen molar-refractivity contribution in [3.8, 4) is 11.5 Å². The molecule has 1 aliphatic rings. The lowest BCUT2D eigenvalue weighted by molar-refractivity contribution is 0.351. The van der Waals surface area contributed by atoms with Crippen molar-refractivity contribution in [2.75, 3.05) is 7.11 Å². The van der Waals surface area contributed by atoms with Crippen molar-refractivity contribution in [1.29, 1.82) is 0 Å². The summed E-state index contributed by atoms with van der Waals surface area (Å²) in [7, 11) is 1.40. The Balaban J connectivity index is 2.51. The van der Waals surface area contributed by atoms with Crippen molar-refractivity contribution in [1.82, 2.24) is 0 Å². The number of halogens is 1. The zero-order valence-electron chi connectivity index (χ0n) is 9.29. The molecule has 0 heterocycles. The summed E-state index contributed by atoms with van der Waals surface area (Å²) < 4.78 is 18.3. The van der Waals surface area contributed by atoms with E-state index in [9.17, 15) is 9.50 Å². The van der Waals surface area contributed by atoms with E-state index in [4.69, 9.17) is 10.5 Å². The Kier molecular flexibility index (Phi) is 2.76. The van der Waals surface area contributed by atoms with Crippen molar-refractivity contribution in [2.45, 2.75) is 31.2 Å². The molecule has 0 atom stereocenters. The second-order valence-electron chi connectivity index (χ2n) is 4.37. The van der Waals surface area contributed by atoms with Gasteiger partial charge in [0.2, 0.25) is 0 Å². The van der Waals surface area contributed by atoms with Crippen LogP contribution in [-0.2, 0) is 5.54 Å². The monoisotopic (exact) mass is 225 g/mol. The molecule has 0 spiro atoms. The fourth-order valence-electron chi connectivity index (χ4n) is 2.38. The molecular weight excluding hydrogens is 209 g/mol. The zero-order valence-corrected chi connectivity index (χ0v) is 9.29. The molecular formula is C12H16FNO2. The number of hydrogen-bond donors (Lipinski definition) is 2. The van der Waals surface area contributed by atoms with Gasteiger partial charge in [-0.05, 0) is 18.9 Å². The number of rotatable bonds is 2. The lowest BCUT2D eigenvalue weighted by Crippen LogP contribution is -2.33. The van der Waals surface area contributed by atoms with Crippen molar-refractivity contribution >= 4 is 0 Å². The van der Waals surface area contributed by atoms with Crippen LogP contribution in [0.15, 0.2) is 12.1 Å². The summed E-state index contributed by atoms with van der Waals surface area (Å²) in [5.74, 6) is -0.318. The van der Waals surface area contributed by atoms with Gasteiger partial charge in [-0.1, -0.05) is 12.8 Å². The molecule has 0 saturated heterocycles. The van der Waals surface area contributed by atoms with E-state index in [0.29, 0.717) is 5.56 Å². The van der Waals surface area contributed by atoms with Crippen molar-refractivity contribution in [3.63, 3.8) is 0 Å². The number of hydrogen-bond acceptors (Lipinski definition) is 3. The van der Waals surface area contributed by atoms with E-state index in [1.807, 2.05) is 0 Å². The number of phenolic OH excluding ortho intramolecular Hbond substituents is 1. The van der Waals surface area contributed by atoms with Gasteiger partial charge in [0.1, 0.15) is 5.82 Å². The highest BCUT2D eigenvalue weighted by molar-refractivity contribution is 5.49. The van der Waals surface area contributed by atoms with Crippen molar-refractivity contribution in [3.05, 3.63) is 23.5 Å². The van der Waals surface area contributed by atoms with Gasteiger partial charge in [0.15, 0.2) is 11.5 Å². The van der Waals surface area contributed by atoms with Crippen LogP contribution in [0.25, 0.3) is 0 Å². The Morgan fingerprint density at radius 1 is 1.38 bits per heavy atom. The van der Waals surface area contributed by atoms with Crippen LogP contribution in [-0.4, -0.2) is 12.2 Å². The van der Waals surface area contributed by atoms with Gasteiger partial charge in [-0.25, -0.2) is 4.39 Å².